The molecule has 38 heavy (non-hydrogen) atoms. The highest BCUT2D eigenvalue weighted by molar-refractivity contribution is 5.91. The Kier molecular flexibility index (Phi) is 9.19. The van der Waals surface area contributed by atoms with Crippen molar-refractivity contribution in [3.8, 4) is 0 Å². The molecule has 4 atom stereocenters. The third kappa shape index (κ3) is 6.74. The van der Waals surface area contributed by atoms with Crippen LogP contribution in [0, 0.1) is 5.92 Å². The quantitative estimate of drug-likeness (QED) is 0.249. The fraction of sp³-hybridized carbons (Fsp3) is 0.370. The van der Waals surface area contributed by atoms with Crippen LogP contribution in [0.3, 0.4) is 0 Å². The number of fused-ring (bicyclic) bond motifs is 1. The number of aromatic nitrogens is 2. The van der Waals surface area contributed by atoms with E-state index < -0.39 is 53.3 Å². The largest absolute Gasteiger partial charge is 0.480 e. The molecule has 3 aromatic rings. The van der Waals surface area contributed by atoms with Gasteiger partial charge in [-0.3, -0.25) is 14.4 Å². The number of hydrogen-bond donors (Lipinski definition) is 5. The maximum Gasteiger partial charge on any atom is 0.329 e. The summed E-state index contributed by atoms with van der Waals surface area (Å²) in [6.45, 7) is 4.86. The van der Waals surface area contributed by atoms with E-state index >= 15 is 0 Å². The van der Waals surface area contributed by atoms with Gasteiger partial charge in [-0.1, -0.05) is 56.3 Å². The zero-order valence-electron chi connectivity index (χ0n) is 21.4. The van der Waals surface area contributed by atoms with Gasteiger partial charge in [-0.2, -0.15) is 0 Å². The lowest BCUT2D eigenvalue weighted by atomic mass is 10.00. The highest BCUT2D eigenvalue weighted by Crippen LogP contribution is 2.15. The number of amides is 2. The SMILES string of the molecule is CC(C)CC(NC(=O)C(Cc1ccccc1)n1c(=O)[nH]c2ccccc2c1=O)C(=O)NC(C(=O)O)C(C)O. The summed E-state index contributed by atoms with van der Waals surface area (Å²) in [4.78, 5) is 67.2. The van der Waals surface area contributed by atoms with Gasteiger partial charge in [0, 0.05) is 6.42 Å². The summed E-state index contributed by atoms with van der Waals surface area (Å²) >= 11 is 0. The molecule has 202 valence electrons. The molecule has 1 aromatic heterocycles. The normalized spacial score (nSPS) is 14.4. The Labute approximate surface area is 218 Å². The molecule has 11 heteroatoms. The Morgan fingerprint density at radius 2 is 1.55 bits per heavy atom. The molecule has 0 saturated carbocycles. The summed E-state index contributed by atoms with van der Waals surface area (Å²) in [5, 5.41) is 24.2. The second kappa shape index (κ2) is 12.3. The number of carboxylic acid groups (broad SMARTS) is 1. The van der Waals surface area contributed by atoms with Gasteiger partial charge in [-0.05, 0) is 37.0 Å². The summed E-state index contributed by atoms with van der Waals surface area (Å²) in [7, 11) is 0. The Hall–Kier alpha value is -4.25. The van der Waals surface area contributed by atoms with E-state index in [4.69, 9.17) is 0 Å². The number of aliphatic hydroxyl groups is 1. The fourth-order valence-electron chi connectivity index (χ4n) is 4.21. The van der Waals surface area contributed by atoms with E-state index in [-0.39, 0.29) is 24.1 Å². The van der Waals surface area contributed by atoms with Crippen molar-refractivity contribution >= 4 is 28.7 Å². The van der Waals surface area contributed by atoms with Gasteiger partial charge in [0.25, 0.3) is 5.56 Å². The molecule has 0 fully saturated rings. The molecule has 2 amide bonds. The number of aliphatic carboxylic acids is 1. The standard InChI is InChI=1S/C27H32N4O7/c1-15(2)13-20(23(33)30-22(16(3)32)26(36)37)28-24(34)21(14-17-9-5-4-6-10-17)31-25(35)18-11-7-8-12-19(18)29-27(31)38/h4-12,15-16,20-22,32H,13-14H2,1-3H3,(H,28,34)(H,29,38)(H,30,33)(H,36,37). The van der Waals surface area contributed by atoms with E-state index in [0.717, 1.165) is 4.57 Å². The molecule has 1 heterocycles. The number of H-pyrrole nitrogens is 1. The molecular formula is C27H32N4O7. The third-order valence-corrected chi connectivity index (χ3v) is 6.11. The number of carboxylic acids is 1. The lowest BCUT2D eigenvalue weighted by Gasteiger charge is -2.26. The highest BCUT2D eigenvalue weighted by Gasteiger charge is 2.33. The molecule has 0 radical (unpaired) electrons. The zero-order chi connectivity index (χ0) is 28.0. The summed E-state index contributed by atoms with van der Waals surface area (Å²) in [6, 6.07) is 11.2. The van der Waals surface area contributed by atoms with E-state index in [1.165, 1.54) is 6.92 Å². The van der Waals surface area contributed by atoms with Crippen LogP contribution in [0.2, 0.25) is 0 Å². The second-order valence-corrected chi connectivity index (χ2v) is 9.61. The van der Waals surface area contributed by atoms with Crippen molar-refractivity contribution in [3.63, 3.8) is 0 Å². The van der Waals surface area contributed by atoms with Crippen LogP contribution >= 0.6 is 0 Å². The first-order chi connectivity index (χ1) is 18.0. The molecule has 0 spiro atoms. The van der Waals surface area contributed by atoms with Crippen LogP contribution in [-0.4, -0.2) is 55.7 Å². The second-order valence-electron chi connectivity index (χ2n) is 9.61. The van der Waals surface area contributed by atoms with Crippen LogP contribution in [0.15, 0.2) is 64.2 Å². The first-order valence-corrected chi connectivity index (χ1v) is 12.3. The van der Waals surface area contributed by atoms with Crippen LogP contribution in [0.4, 0.5) is 0 Å². The number of aliphatic hydroxyl groups excluding tert-OH is 1. The van der Waals surface area contributed by atoms with Gasteiger partial charge in [0.1, 0.15) is 12.1 Å². The Morgan fingerprint density at radius 3 is 2.16 bits per heavy atom. The van der Waals surface area contributed by atoms with Gasteiger partial charge >= 0.3 is 11.7 Å². The molecule has 5 N–H and O–H groups in total. The van der Waals surface area contributed by atoms with Crippen molar-refractivity contribution in [2.45, 2.75) is 57.8 Å². The summed E-state index contributed by atoms with van der Waals surface area (Å²) in [6.07, 6.45) is -1.26. The minimum absolute atomic E-state index is 0.0184. The molecule has 2 aromatic carbocycles. The number of rotatable bonds is 11. The van der Waals surface area contributed by atoms with Crippen LogP contribution < -0.4 is 21.9 Å². The molecule has 4 unspecified atom stereocenters. The maximum absolute atomic E-state index is 13.7. The van der Waals surface area contributed by atoms with E-state index in [0.29, 0.717) is 11.1 Å². The van der Waals surface area contributed by atoms with Crippen LogP contribution in [0.5, 0.6) is 0 Å². The van der Waals surface area contributed by atoms with Crippen LogP contribution in [0.1, 0.15) is 38.8 Å². The van der Waals surface area contributed by atoms with Crippen molar-refractivity contribution < 1.29 is 24.6 Å². The smallest absolute Gasteiger partial charge is 0.329 e. The van der Waals surface area contributed by atoms with E-state index in [1.807, 2.05) is 13.8 Å². The van der Waals surface area contributed by atoms with Gasteiger partial charge in [-0.25, -0.2) is 14.2 Å². The monoisotopic (exact) mass is 524 g/mol. The number of hydrogen-bond acceptors (Lipinski definition) is 6. The van der Waals surface area contributed by atoms with Gasteiger partial charge in [0.15, 0.2) is 6.04 Å². The Morgan fingerprint density at radius 1 is 0.921 bits per heavy atom. The summed E-state index contributed by atoms with van der Waals surface area (Å²) in [5.74, 6) is -3.08. The Bertz CT molecular complexity index is 1410. The molecule has 0 aliphatic carbocycles. The summed E-state index contributed by atoms with van der Waals surface area (Å²) in [5.41, 5.74) is -0.440. The molecule has 0 bridgehead atoms. The first-order valence-electron chi connectivity index (χ1n) is 12.3. The summed E-state index contributed by atoms with van der Waals surface area (Å²) < 4.78 is 0.838. The predicted octanol–water partition coefficient (Wildman–Crippen LogP) is 0.955. The van der Waals surface area contributed by atoms with Crippen molar-refractivity contribution in [3.05, 3.63) is 81.0 Å². The lowest BCUT2D eigenvalue weighted by Crippen LogP contribution is -2.56. The topological polar surface area (TPSA) is 171 Å². The van der Waals surface area contributed by atoms with Crippen molar-refractivity contribution in [2.75, 3.05) is 0 Å². The van der Waals surface area contributed by atoms with E-state index in [2.05, 4.69) is 15.6 Å². The number of nitrogens with zero attached hydrogens (tertiary/aromatic N) is 1. The first kappa shape index (κ1) is 28.3. The van der Waals surface area contributed by atoms with Gasteiger partial charge in [0.05, 0.1) is 17.0 Å². The fourth-order valence-corrected chi connectivity index (χ4v) is 4.21. The van der Waals surface area contributed by atoms with Crippen molar-refractivity contribution in [1.29, 1.82) is 0 Å². The Balaban J connectivity index is 2.02. The lowest BCUT2D eigenvalue weighted by molar-refractivity contribution is -0.145. The third-order valence-electron chi connectivity index (χ3n) is 6.11. The average molecular weight is 525 g/mol. The van der Waals surface area contributed by atoms with Crippen molar-refractivity contribution in [1.82, 2.24) is 20.2 Å². The van der Waals surface area contributed by atoms with Crippen LogP contribution in [-0.2, 0) is 20.8 Å². The van der Waals surface area contributed by atoms with E-state index in [1.54, 1.807) is 54.6 Å². The van der Waals surface area contributed by atoms with Crippen LogP contribution in [0.25, 0.3) is 10.9 Å². The minimum Gasteiger partial charge on any atom is -0.480 e. The predicted molar refractivity (Wildman–Crippen MR) is 141 cm³/mol. The van der Waals surface area contributed by atoms with Gasteiger partial charge < -0.3 is 25.8 Å². The van der Waals surface area contributed by atoms with E-state index in [9.17, 15) is 34.2 Å². The number of para-hydroxylation sites is 1. The van der Waals surface area contributed by atoms with Gasteiger partial charge in [0.2, 0.25) is 11.8 Å². The molecule has 0 aliphatic rings. The maximum atomic E-state index is 13.7. The number of nitrogens with one attached hydrogen (secondary N) is 3. The number of carbonyl (C=O) groups excluding carboxylic acids is 2. The average Bonchev–Trinajstić information content (AvgIpc) is 2.86. The highest BCUT2D eigenvalue weighted by atomic mass is 16.4. The molecule has 11 nitrogen and oxygen atoms in total. The number of benzene rings is 2. The minimum atomic E-state index is -1.58. The molecule has 3 rings (SSSR count). The molecule has 0 saturated heterocycles. The molecular weight excluding hydrogens is 492 g/mol. The van der Waals surface area contributed by atoms with Gasteiger partial charge in [-0.15, -0.1) is 0 Å². The number of aromatic amines is 1. The molecule has 0 aliphatic heterocycles. The van der Waals surface area contributed by atoms with Crippen molar-refractivity contribution in [2.24, 2.45) is 5.92 Å². The zero-order valence-corrected chi connectivity index (χ0v) is 21.4. The number of carbonyl (C=O) groups is 3.